The molecule has 9 heteroatoms. The fourth-order valence-corrected chi connectivity index (χ4v) is 2.61. The molecule has 3 N–H and O–H groups in total. The number of benzene rings is 1. The average molecular weight is 285 g/mol. The van der Waals surface area contributed by atoms with Crippen LogP contribution in [0.15, 0.2) is 17.0 Å². The van der Waals surface area contributed by atoms with Gasteiger partial charge >= 0.3 is 0 Å². The molecule has 0 saturated heterocycles. The zero-order valence-corrected chi connectivity index (χ0v) is 10.6. The Morgan fingerprint density at radius 2 is 2.11 bits per heavy atom. The molecule has 1 aliphatic carbocycles. The van der Waals surface area contributed by atoms with Crippen molar-refractivity contribution in [3.63, 3.8) is 0 Å². The molecule has 3 rings (SSSR count). The molecule has 8 nitrogen and oxygen atoms in total. The van der Waals surface area contributed by atoms with Crippen LogP contribution in [0.3, 0.4) is 0 Å². The summed E-state index contributed by atoms with van der Waals surface area (Å²) >= 11 is 0. The van der Waals surface area contributed by atoms with Gasteiger partial charge in [0.2, 0.25) is 10.0 Å². The minimum Gasteiger partial charge on any atom is -0.489 e. The lowest BCUT2D eigenvalue weighted by Crippen LogP contribution is -2.34. The largest absolute Gasteiger partial charge is 0.489 e. The van der Waals surface area contributed by atoms with E-state index in [1.807, 2.05) is 0 Å². The number of nitrogens with two attached hydrogens (primary N) is 1. The van der Waals surface area contributed by atoms with Crippen molar-refractivity contribution in [2.75, 3.05) is 11.9 Å². The predicted octanol–water partition coefficient (Wildman–Crippen LogP) is 0.579. The Kier molecular flexibility index (Phi) is 2.29. The van der Waals surface area contributed by atoms with E-state index in [0.717, 1.165) is 18.9 Å². The van der Waals surface area contributed by atoms with Gasteiger partial charge in [0, 0.05) is 12.1 Å². The third-order valence-corrected chi connectivity index (χ3v) is 4.22. The van der Waals surface area contributed by atoms with Crippen molar-refractivity contribution in [1.29, 1.82) is 0 Å². The summed E-state index contributed by atoms with van der Waals surface area (Å²) in [7, 11) is -4.02. The molecule has 0 radical (unpaired) electrons. The zero-order valence-electron chi connectivity index (χ0n) is 9.75. The van der Waals surface area contributed by atoms with E-state index in [9.17, 15) is 18.5 Å². The van der Waals surface area contributed by atoms with Gasteiger partial charge in [-0.2, -0.15) is 0 Å². The second kappa shape index (κ2) is 3.58. The highest BCUT2D eigenvalue weighted by Crippen LogP contribution is 2.49. The predicted molar refractivity (Wildman–Crippen MR) is 65.6 cm³/mol. The van der Waals surface area contributed by atoms with Gasteiger partial charge in [0.15, 0.2) is 11.4 Å². The molecular formula is C10H11N3O5S. The first-order chi connectivity index (χ1) is 8.81. The van der Waals surface area contributed by atoms with Crippen molar-refractivity contribution in [2.45, 2.75) is 23.3 Å². The second-order valence-electron chi connectivity index (χ2n) is 4.81. The number of hydrogen-bond donors (Lipinski definition) is 2. The topological polar surface area (TPSA) is 125 Å². The average Bonchev–Trinajstić information content (AvgIpc) is 3.06. The van der Waals surface area contributed by atoms with Gasteiger partial charge in [-0.1, -0.05) is 0 Å². The van der Waals surface area contributed by atoms with Crippen LogP contribution >= 0.6 is 0 Å². The van der Waals surface area contributed by atoms with E-state index in [-0.39, 0.29) is 27.6 Å². The highest BCUT2D eigenvalue weighted by Gasteiger charge is 2.48. The molecule has 1 aromatic rings. The summed E-state index contributed by atoms with van der Waals surface area (Å²) in [6.07, 6.45) is 1.75. The van der Waals surface area contributed by atoms with Gasteiger partial charge in [-0.25, -0.2) is 13.6 Å². The third-order valence-electron chi connectivity index (χ3n) is 3.33. The Balaban J connectivity index is 2.18. The van der Waals surface area contributed by atoms with Gasteiger partial charge in [-0.05, 0) is 12.8 Å². The molecule has 102 valence electrons. The molecule has 1 spiro atoms. The van der Waals surface area contributed by atoms with Crippen molar-refractivity contribution >= 4 is 21.4 Å². The molecular weight excluding hydrogens is 274 g/mol. The maximum Gasteiger partial charge on any atom is 0.297 e. The van der Waals surface area contributed by atoms with Crippen LogP contribution in [0.1, 0.15) is 12.8 Å². The first kappa shape index (κ1) is 12.2. The highest BCUT2D eigenvalue weighted by molar-refractivity contribution is 7.89. The first-order valence-electron chi connectivity index (χ1n) is 5.57. The molecule has 1 fully saturated rings. The molecule has 1 saturated carbocycles. The molecule has 0 unspecified atom stereocenters. The molecule has 0 amide bonds. The number of primary sulfonamides is 1. The molecule has 1 heterocycles. The molecule has 2 aliphatic rings. The zero-order chi connectivity index (χ0) is 13.8. The van der Waals surface area contributed by atoms with Crippen LogP contribution < -0.4 is 15.2 Å². The Bertz CT molecular complexity index is 681. The van der Waals surface area contributed by atoms with Gasteiger partial charge in [-0.15, -0.1) is 0 Å². The van der Waals surface area contributed by atoms with Crippen LogP contribution in [-0.4, -0.2) is 25.5 Å². The molecule has 0 aromatic heterocycles. The van der Waals surface area contributed by atoms with Crippen LogP contribution in [0, 0.1) is 10.1 Å². The molecule has 0 atom stereocenters. The number of nitrogens with one attached hydrogen (secondary N) is 1. The summed E-state index contributed by atoms with van der Waals surface area (Å²) in [6.45, 7) is 0.366. The van der Waals surface area contributed by atoms with Crippen LogP contribution in [0.5, 0.6) is 5.75 Å². The van der Waals surface area contributed by atoms with Gasteiger partial charge in [0.25, 0.3) is 5.69 Å². The van der Waals surface area contributed by atoms with Crippen molar-refractivity contribution < 1.29 is 18.1 Å². The fourth-order valence-electron chi connectivity index (χ4n) is 2.06. The number of nitrogens with zero attached hydrogens (tertiary/aromatic N) is 1. The summed E-state index contributed by atoms with van der Waals surface area (Å²) in [4.78, 5) is 10.1. The van der Waals surface area contributed by atoms with Crippen LogP contribution in [0.25, 0.3) is 0 Å². The molecule has 19 heavy (non-hydrogen) atoms. The van der Waals surface area contributed by atoms with E-state index in [2.05, 4.69) is 5.32 Å². The van der Waals surface area contributed by atoms with E-state index in [0.29, 0.717) is 6.61 Å². The summed E-state index contributed by atoms with van der Waals surface area (Å²) in [5, 5.41) is 19.1. The lowest BCUT2D eigenvalue weighted by atomic mass is 10.1. The lowest BCUT2D eigenvalue weighted by Gasteiger charge is -2.27. The monoisotopic (exact) mass is 285 g/mol. The van der Waals surface area contributed by atoms with Gasteiger partial charge in [-0.3, -0.25) is 10.1 Å². The van der Waals surface area contributed by atoms with Gasteiger partial charge in [0.1, 0.15) is 6.61 Å². The van der Waals surface area contributed by atoms with Crippen molar-refractivity contribution in [1.82, 2.24) is 0 Å². The number of rotatable bonds is 2. The van der Waals surface area contributed by atoms with Gasteiger partial charge in [0.05, 0.1) is 15.4 Å². The van der Waals surface area contributed by atoms with E-state index in [1.165, 1.54) is 6.07 Å². The number of hydrogen-bond acceptors (Lipinski definition) is 6. The first-order valence-corrected chi connectivity index (χ1v) is 7.12. The number of fused-ring (bicyclic) bond motifs is 1. The van der Waals surface area contributed by atoms with Crippen molar-refractivity contribution in [3.8, 4) is 5.75 Å². The van der Waals surface area contributed by atoms with Gasteiger partial charge < -0.3 is 10.1 Å². The number of anilines is 1. The minimum atomic E-state index is -4.02. The van der Waals surface area contributed by atoms with Crippen LogP contribution in [0.4, 0.5) is 11.4 Å². The van der Waals surface area contributed by atoms with E-state index in [1.54, 1.807) is 0 Å². The Morgan fingerprint density at radius 1 is 1.42 bits per heavy atom. The fraction of sp³-hybridized carbons (Fsp3) is 0.400. The van der Waals surface area contributed by atoms with E-state index in [4.69, 9.17) is 9.88 Å². The highest BCUT2D eigenvalue weighted by atomic mass is 32.2. The van der Waals surface area contributed by atoms with Crippen molar-refractivity contribution in [3.05, 3.63) is 22.2 Å². The number of ether oxygens (including phenoxy) is 1. The van der Waals surface area contributed by atoms with E-state index < -0.39 is 14.9 Å². The Hall–Kier alpha value is -1.87. The SMILES string of the molecule is NS(=O)(=O)c1cc2c(c([N+](=O)[O-])c1)NC1(CC1)CO2. The maximum atomic E-state index is 11.3. The number of sulfonamides is 1. The molecule has 1 aromatic carbocycles. The number of nitro benzene ring substituents is 1. The second-order valence-corrected chi connectivity index (χ2v) is 6.37. The van der Waals surface area contributed by atoms with Crippen LogP contribution in [-0.2, 0) is 10.0 Å². The quantitative estimate of drug-likeness (QED) is 0.605. The lowest BCUT2D eigenvalue weighted by molar-refractivity contribution is -0.384. The maximum absolute atomic E-state index is 11.3. The Morgan fingerprint density at radius 3 is 2.63 bits per heavy atom. The van der Waals surface area contributed by atoms with Crippen LogP contribution in [0.2, 0.25) is 0 Å². The molecule has 1 aliphatic heterocycles. The van der Waals surface area contributed by atoms with E-state index >= 15 is 0 Å². The summed E-state index contributed by atoms with van der Waals surface area (Å²) < 4.78 is 28.1. The third kappa shape index (κ3) is 2.00. The normalized spacial score (nSPS) is 19.2. The summed E-state index contributed by atoms with van der Waals surface area (Å²) in [5.74, 6) is 0.149. The minimum absolute atomic E-state index is 0.149. The number of nitro groups is 1. The summed E-state index contributed by atoms with van der Waals surface area (Å²) in [6, 6.07) is 2.16. The standard InChI is InChI=1S/C10H11N3O5S/c11-19(16,17)6-3-7(13(14)15)9-8(4-6)18-5-10(12-9)1-2-10/h3-4,12H,1-2,5H2,(H2,11,16,17). The Labute approximate surface area is 108 Å². The van der Waals surface area contributed by atoms with Crippen molar-refractivity contribution in [2.24, 2.45) is 5.14 Å². The summed E-state index contributed by atoms with van der Waals surface area (Å²) in [5.41, 5.74) is -0.352. The molecule has 0 bridgehead atoms. The smallest absolute Gasteiger partial charge is 0.297 e.